The van der Waals surface area contributed by atoms with E-state index in [1.54, 1.807) is 14.0 Å². The van der Waals surface area contributed by atoms with Gasteiger partial charge >= 0.3 is 0 Å². The second-order valence-corrected chi connectivity index (χ2v) is 9.38. The molecular formula is C24H36N2O4. The third-order valence-corrected chi connectivity index (χ3v) is 6.81. The Hall–Kier alpha value is -1.79. The van der Waals surface area contributed by atoms with E-state index in [0.29, 0.717) is 18.4 Å². The van der Waals surface area contributed by atoms with E-state index >= 15 is 0 Å². The minimum Gasteiger partial charge on any atom is -0.493 e. The molecule has 1 saturated heterocycles. The van der Waals surface area contributed by atoms with Crippen LogP contribution in [0.2, 0.25) is 0 Å². The van der Waals surface area contributed by atoms with Gasteiger partial charge in [0.15, 0.2) is 11.5 Å². The van der Waals surface area contributed by atoms with Crippen molar-refractivity contribution in [2.75, 3.05) is 40.0 Å². The van der Waals surface area contributed by atoms with Gasteiger partial charge < -0.3 is 19.5 Å². The summed E-state index contributed by atoms with van der Waals surface area (Å²) in [6, 6.07) is 6.18. The Kier molecular flexibility index (Phi) is 6.84. The van der Waals surface area contributed by atoms with Crippen LogP contribution in [-0.2, 0) is 9.53 Å². The second kappa shape index (κ2) is 9.56. The van der Waals surface area contributed by atoms with Gasteiger partial charge in [0.05, 0.1) is 19.3 Å². The van der Waals surface area contributed by atoms with E-state index in [0.717, 1.165) is 62.1 Å². The molecule has 1 amide bonds. The van der Waals surface area contributed by atoms with Gasteiger partial charge in [-0.2, -0.15) is 0 Å². The molecule has 0 bridgehead atoms. The van der Waals surface area contributed by atoms with Crippen LogP contribution in [0.15, 0.2) is 18.2 Å². The fourth-order valence-electron chi connectivity index (χ4n) is 5.01. The van der Waals surface area contributed by atoms with Gasteiger partial charge in [-0.05, 0) is 68.1 Å². The molecule has 1 heterocycles. The number of ether oxygens (including phenoxy) is 3. The normalized spacial score (nSPS) is 28.8. The van der Waals surface area contributed by atoms with Crippen molar-refractivity contribution in [3.63, 3.8) is 0 Å². The molecule has 0 spiro atoms. The number of carbonyl (C=O) groups excluding carboxylic acids is 1. The van der Waals surface area contributed by atoms with Crippen LogP contribution in [0, 0.1) is 24.7 Å². The standard InChI is InChI=1S/C24H36N2O4/c1-16-4-7-22(24(10-16)28-3)29-9-8-26-13-19-11-21(25-17(2)27)23(12-20(19)14-26)30-15-18-5-6-18/h4,7,10,18-21,23H,5-6,8-9,11-15H2,1-3H3,(H,25,27)/t19-,20+,21-,23-/m1/s1. The molecule has 6 heteroatoms. The maximum Gasteiger partial charge on any atom is 0.217 e. The highest BCUT2D eigenvalue weighted by Gasteiger charge is 2.43. The van der Waals surface area contributed by atoms with Crippen molar-refractivity contribution in [2.45, 2.75) is 51.7 Å². The molecule has 2 saturated carbocycles. The second-order valence-electron chi connectivity index (χ2n) is 9.38. The smallest absolute Gasteiger partial charge is 0.217 e. The van der Waals surface area contributed by atoms with Crippen molar-refractivity contribution in [3.8, 4) is 11.5 Å². The predicted octanol–water partition coefficient (Wildman–Crippen LogP) is 3.02. The minimum atomic E-state index is 0.0498. The Balaban J connectivity index is 1.28. The number of nitrogens with zero attached hydrogens (tertiary/aromatic N) is 1. The lowest BCUT2D eigenvalue weighted by atomic mass is 9.77. The molecule has 1 aromatic carbocycles. The fourth-order valence-corrected chi connectivity index (χ4v) is 5.01. The number of hydrogen-bond donors (Lipinski definition) is 1. The van der Waals surface area contributed by atoms with Crippen molar-refractivity contribution in [3.05, 3.63) is 23.8 Å². The molecule has 0 unspecified atom stereocenters. The summed E-state index contributed by atoms with van der Waals surface area (Å²) in [5.74, 6) is 3.66. The first-order valence-electron chi connectivity index (χ1n) is 11.4. The van der Waals surface area contributed by atoms with Crippen molar-refractivity contribution in [2.24, 2.45) is 17.8 Å². The number of fused-ring (bicyclic) bond motifs is 1. The number of methoxy groups -OCH3 is 1. The Labute approximate surface area is 180 Å². The molecule has 3 fully saturated rings. The number of rotatable bonds is 9. The molecule has 4 atom stereocenters. The van der Waals surface area contributed by atoms with Gasteiger partial charge in [-0.1, -0.05) is 6.07 Å². The van der Waals surface area contributed by atoms with E-state index in [4.69, 9.17) is 14.2 Å². The Morgan fingerprint density at radius 1 is 1.17 bits per heavy atom. The van der Waals surface area contributed by atoms with Gasteiger partial charge in [-0.25, -0.2) is 0 Å². The van der Waals surface area contributed by atoms with Gasteiger partial charge in [0.1, 0.15) is 6.61 Å². The molecule has 3 aliphatic rings. The average Bonchev–Trinajstić information content (AvgIpc) is 3.46. The summed E-state index contributed by atoms with van der Waals surface area (Å²) in [5.41, 5.74) is 1.16. The van der Waals surface area contributed by atoms with Gasteiger partial charge in [0, 0.05) is 33.2 Å². The minimum absolute atomic E-state index is 0.0498. The van der Waals surface area contributed by atoms with Crippen molar-refractivity contribution < 1.29 is 19.0 Å². The lowest BCUT2D eigenvalue weighted by Crippen LogP contribution is -2.50. The highest BCUT2D eigenvalue weighted by atomic mass is 16.5. The summed E-state index contributed by atoms with van der Waals surface area (Å²) >= 11 is 0. The summed E-state index contributed by atoms with van der Waals surface area (Å²) in [6.45, 7) is 8.24. The predicted molar refractivity (Wildman–Crippen MR) is 116 cm³/mol. The van der Waals surface area contributed by atoms with E-state index in [1.807, 2.05) is 25.1 Å². The van der Waals surface area contributed by atoms with E-state index in [9.17, 15) is 4.79 Å². The molecule has 6 nitrogen and oxygen atoms in total. The number of aryl methyl sites for hydroxylation is 1. The molecule has 1 aromatic rings. The summed E-state index contributed by atoms with van der Waals surface area (Å²) < 4.78 is 17.7. The Morgan fingerprint density at radius 3 is 2.63 bits per heavy atom. The number of amides is 1. The molecule has 30 heavy (non-hydrogen) atoms. The average molecular weight is 417 g/mol. The van der Waals surface area contributed by atoms with Crippen LogP contribution in [0.1, 0.15) is 38.2 Å². The number of likely N-dealkylation sites (tertiary alicyclic amines) is 1. The van der Waals surface area contributed by atoms with Crippen LogP contribution >= 0.6 is 0 Å². The quantitative estimate of drug-likeness (QED) is 0.671. The zero-order chi connectivity index (χ0) is 21.1. The lowest BCUT2D eigenvalue weighted by Gasteiger charge is -2.38. The highest BCUT2D eigenvalue weighted by molar-refractivity contribution is 5.73. The maximum atomic E-state index is 11.7. The first-order chi connectivity index (χ1) is 14.5. The maximum absolute atomic E-state index is 11.7. The largest absolute Gasteiger partial charge is 0.493 e. The number of nitrogens with one attached hydrogen (secondary N) is 1. The van der Waals surface area contributed by atoms with Crippen molar-refractivity contribution in [1.82, 2.24) is 10.2 Å². The summed E-state index contributed by atoms with van der Waals surface area (Å²) in [6.07, 6.45) is 4.81. The van der Waals surface area contributed by atoms with E-state index in [2.05, 4.69) is 10.2 Å². The molecule has 1 aliphatic heterocycles. The number of carbonyl (C=O) groups is 1. The zero-order valence-corrected chi connectivity index (χ0v) is 18.6. The van der Waals surface area contributed by atoms with Crippen molar-refractivity contribution >= 4 is 5.91 Å². The lowest BCUT2D eigenvalue weighted by molar-refractivity contribution is -0.122. The monoisotopic (exact) mass is 416 g/mol. The fraction of sp³-hybridized carbons (Fsp3) is 0.708. The topological polar surface area (TPSA) is 60.0 Å². The summed E-state index contributed by atoms with van der Waals surface area (Å²) in [5, 5.41) is 3.16. The SMILES string of the molecule is COc1cc(C)ccc1OCCN1C[C@H]2C[C@@H](NC(C)=O)[C@H](OCC3CC3)C[C@H]2C1. The summed E-state index contributed by atoms with van der Waals surface area (Å²) in [7, 11) is 1.68. The molecule has 4 rings (SSSR count). The van der Waals surface area contributed by atoms with Crippen LogP contribution in [0.3, 0.4) is 0 Å². The van der Waals surface area contributed by atoms with Gasteiger partial charge in [0.25, 0.3) is 0 Å². The van der Waals surface area contributed by atoms with Gasteiger partial charge in [-0.15, -0.1) is 0 Å². The third-order valence-electron chi connectivity index (χ3n) is 6.81. The molecular weight excluding hydrogens is 380 g/mol. The highest BCUT2D eigenvalue weighted by Crippen LogP contribution is 2.39. The Bertz CT molecular complexity index is 736. The molecule has 2 aliphatic carbocycles. The van der Waals surface area contributed by atoms with E-state index < -0.39 is 0 Å². The first kappa shape index (κ1) is 21.4. The van der Waals surface area contributed by atoms with Crippen LogP contribution in [0.5, 0.6) is 11.5 Å². The first-order valence-corrected chi connectivity index (χ1v) is 11.4. The van der Waals surface area contributed by atoms with E-state index in [1.165, 1.54) is 12.8 Å². The van der Waals surface area contributed by atoms with Crippen LogP contribution in [-0.4, -0.2) is 62.9 Å². The Morgan fingerprint density at radius 2 is 1.93 bits per heavy atom. The number of benzene rings is 1. The summed E-state index contributed by atoms with van der Waals surface area (Å²) in [4.78, 5) is 14.2. The van der Waals surface area contributed by atoms with Crippen LogP contribution in [0.25, 0.3) is 0 Å². The molecule has 0 radical (unpaired) electrons. The van der Waals surface area contributed by atoms with Crippen LogP contribution in [0.4, 0.5) is 0 Å². The van der Waals surface area contributed by atoms with Crippen molar-refractivity contribution in [1.29, 1.82) is 0 Å². The van der Waals surface area contributed by atoms with Crippen LogP contribution < -0.4 is 14.8 Å². The third kappa shape index (κ3) is 5.46. The molecule has 0 aromatic heterocycles. The number of hydrogen-bond acceptors (Lipinski definition) is 5. The molecule has 166 valence electrons. The van der Waals surface area contributed by atoms with Gasteiger partial charge in [0.2, 0.25) is 5.91 Å². The zero-order valence-electron chi connectivity index (χ0n) is 18.6. The van der Waals surface area contributed by atoms with E-state index in [-0.39, 0.29) is 18.1 Å². The van der Waals surface area contributed by atoms with Gasteiger partial charge in [-0.3, -0.25) is 9.69 Å². The molecule has 1 N–H and O–H groups in total.